The average molecular weight is 404 g/mol. The van der Waals surface area contributed by atoms with Gasteiger partial charge in [-0.2, -0.15) is 0 Å². The molecule has 2 aromatic carbocycles. The van der Waals surface area contributed by atoms with Crippen molar-refractivity contribution in [3.05, 3.63) is 54.1 Å². The maximum Gasteiger partial charge on any atom is 0.344 e. The van der Waals surface area contributed by atoms with Crippen LogP contribution in [0, 0.1) is 0 Å². The number of thioether (sulfide) groups is 1. The zero-order valence-electron chi connectivity index (χ0n) is 16.3. The molecule has 2 aromatic rings. The molecule has 0 aliphatic rings. The van der Waals surface area contributed by atoms with E-state index in [2.05, 4.69) is 0 Å². The van der Waals surface area contributed by atoms with Crippen molar-refractivity contribution in [3.8, 4) is 11.5 Å². The SMILES string of the molecule is CCOc1ccccc1OCC(=O)OCC(=O)N(C)Cc1ccc(SC)cc1. The molecule has 0 unspecified atom stereocenters. The fourth-order valence-electron chi connectivity index (χ4n) is 2.37. The number of hydrogen-bond donors (Lipinski definition) is 0. The van der Waals surface area contributed by atoms with Crippen molar-refractivity contribution in [1.82, 2.24) is 4.90 Å². The Kier molecular flexibility index (Phi) is 8.68. The second-order valence-corrected chi connectivity index (χ2v) is 6.81. The van der Waals surface area contributed by atoms with Crippen molar-refractivity contribution < 1.29 is 23.8 Å². The summed E-state index contributed by atoms with van der Waals surface area (Å²) in [5, 5.41) is 0. The van der Waals surface area contributed by atoms with E-state index in [-0.39, 0.29) is 19.1 Å². The lowest BCUT2D eigenvalue weighted by Crippen LogP contribution is -2.31. The number of likely N-dealkylation sites (N-methyl/N-ethyl adjacent to an activating group) is 1. The van der Waals surface area contributed by atoms with E-state index in [9.17, 15) is 9.59 Å². The van der Waals surface area contributed by atoms with Crippen LogP contribution in [-0.4, -0.2) is 49.9 Å². The molecule has 0 heterocycles. The van der Waals surface area contributed by atoms with Gasteiger partial charge in [-0.3, -0.25) is 4.79 Å². The molecule has 28 heavy (non-hydrogen) atoms. The van der Waals surface area contributed by atoms with Gasteiger partial charge in [0.25, 0.3) is 5.91 Å². The third-order valence-corrected chi connectivity index (χ3v) is 4.60. The smallest absolute Gasteiger partial charge is 0.344 e. The third-order valence-electron chi connectivity index (χ3n) is 3.86. The minimum absolute atomic E-state index is 0.281. The number of ether oxygens (including phenoxy) is 3. The minimum Gasteiger partial charge on any atom is -0.490 e. The molecule has 0 fully saturated rings. The molecule has 0 radical (unpaired) electrons. The normalized spacial score (nSPS) is 10.2. The lowest BCUT2D eigenvalue weighted by molar-refractivity contribution is -0.153. The molecule has 7 heteroatoms. The number of hydrogen-bond acceptors (Lipinski definition) is 6. The Morgan fingerprint density at radius 3 is 2.21 bits per heavy atom. The van der Waals surface area contributed by atoms with Crippen LogP contribution in [0.5, 0.6) is 11.5 Å². The van der Waals surface area contributed by atoms with Crippen molar-refractivity contribution in [1.29, 1.82) is 0 Å². The molecule has 0 saturated carbocycles. The first-order valence-electron chi connectivity index (χ1n) is 8.90. The first kappa shape index (κ1) is 21.6. The Labute approximate surface area is 169 Å². The Bertz CT molecular complexity index is 779. The number of rotatable bonds is 10. The fourth-order valence-corrected chi connectivity index (χ4v) is 2.78. The average Bonchev–Trinajstić information content (AvgIpc) is 2.72. The summed E-state index contributed by atoms with van der Waals surface area (Å²) in [6.45, 7) is 2.19. The molecule has 0 aromatic heterocycles. The van der Waals surface area contributed by atoms with Gasteiger partial charge in [0.05, 0.1) is 6.61 Å². The predicted molar refractivity (Wildman–Crippen MR) is 109 cm³/mol. The van der Waals surface area contributed by atoms with Gasteiger partial charge >= 0.3 is 5.97 Å². The summed E-state index contributed by atoms with van der Waals surface area (Å²) in [5.74, 6) is 0.119. The molecular weight excluding hydrogens is 378 g/mol. The second-order valence-electron chi connectivity index (χ2n) is 5.93. The van der Waals surface area contributed by atoms with Crippen LogP contribution in [0.25, 0.3) is 0 Å². The van der Waals surface area contributed by atoms with Gasteiger partial charge in [-0.05, 0) is 43.0 Å². The van der Waals surface area contributed by atoms with Crippen LogP contribution in [-0.2, 0) is 20.9 Å². The highest BCUT2D eigenvalue weighted by Crippen LogP contribution is 2.26. The molecule has 0 atom stereocenters. The zero-order valence-corrected chi connectivity index (χ0v) is 17.2. The molecule has 6 nitrogen and oxygen atoms in total. The summed E-state index contributed by atoms with van der Waals surface area (Å²) >= 11 is 1.66. The molecule has 0 N–H and O–H groups in total. The highest BCUT2D eigenvalue weighted by molar-refractivity contribution is 7.98. The molecule has 150 valence electrons. The van der Waals surface area contributed by atoms with Gasteiger partial charge in [-0.15, -0.1) is 11.8 Å². The summed E-state index contributed by atoms with van der Waals surface area (Å²) in [6, 6.07) is 15.0. The molecule has 2 rings (SSSR count). The van der Waals surface area contributed by atoms with Crippen LogP contribution in [0.4, 0.5) is 0 Å². The van der Waals surface area contributed by atoms with E-state index in [1.165, 1.54) is 4.90 Å². The Morgan fingerprint density at radius 1 is 0.964 bits per heavy atom. The second kappa shape index (κ2) is 11.2. The third kappa shape index (κ3) is 6.81. The Morgan fingerprint density at radius 2 is 1.61 bits per heavy atom. The Balaban J connectivity index is 1.76. The van der Waals surface area contributed by atoms with E-state index in [1.807, 2.05) is 43.5 Å². The molecule has 0 spiro atoms. The first-order chi connectivity index (χ1) is 13.5. The highest BCUT2D eigenvalue weighted by atomic mass is 32.2. The van der Waals surface area contributed by atoms with Crippen LogP contribution in [0.1, 0.15) is 12.5 Å². The van der Waals surface area contributed by atoms with E-state index in [1.54, 1.807) is 37.0 Å². The number of nitrogens with zero attached hydrogens (tertiary/aromatic N) is 1. The fraction of sp³-hybridized carbons (Fsp3) is 0.333. The first-order valence-corrected chi connectivity index (χ1v) is 10.1. The van der Waals surface area contributed by atoms with Gasteiger partial charge < -0.3 is 19.1 Å². The summed E-state index contributed by atoms with van der Waals surface area (Å²) in [5.41, 5.74) is 1.01. The molecule has 0 aliphatic heterocycles. The monoisotopic (exact) mass is 403 g/mol. The number of amides is 1. The van der Waals surface area contributed by atoms with Gasteiger partial charge in [0.15, 0.2) is 24.7 Å². The van der Waals surface area contributed by atoms with Gasteiger partial charge in [0, 0.05) is 18.5 Å². The summed E-state index contributed by atoms with van der Waals surface area (Å²) in [7, 11) is 1.67. The largest absolute Gasteiger partial charge is 0.490 e. The number of carbonyl (C=O) groups is 2. The van der Waals surface area contributed by atoms with Gasteiger partial charge in [0.1, 0.15) is 0 Å². The van der Waals surface area contributed by atoms with Crippen LogP contribution in [0.15, 0.2) is 53.4 Å². The summed E-state index contributed by atoms with van der Waals surface area (Å²) < 4.78 is 15.9. The molecule has 0 saturated heterocycles. The Hall–Kier alpha value is -2.67. The lowest BCUT2D eigenvalue weighted by Gasteiger charge is -2.17. The minimum atomic E-state index is -0.614. The number of carbonyl (C=O) groups excluding carboxylic acids is 2. The summed E-state index contributed by atoms with van der Waals surface area (Å²) in [4.78, 5) is 26.7. The maximum absolute atomic E-state index is 12.2. The molecule has 0 bridgehead atoms. The van der Waals surface area contributed by atoms with E-state index in [0.717, 1.165) is 10.5 Å². The predicted octanol–water partition coefficient (Wildman–Crippen LogP) is 3.39. The van der Waals surface area contributed by atoms with Crippen LogP contribution in [0.3, 0.4) is 0 Å². The van der Waals surface area contributed by atoms with E-state index in [0.29, 0.717) is 24.7 Å². The van der Waals surface area contributed by atoms with Gasteiger partial charge in [0.2, 0.25) is 0 Å². The number of benzene rings is 2. The maximum atomic E-state index is 12.2. The van der Waals surface area contributed by atoms with Gasteiger partial charge in [-0.1, -0.05) is 24.3 Å². The lowest BCUT2D eigenvalue weighted by atomic mass is 10.2. The summed E-state index contributed by atoms with van der Waals surface area (Å²) in [6.07, 6.45) is 2.01. The van der Waals surface area contributed by atoms with E-state index >= 15 is 0 Å². The van der Waals surface area contributed by atoms with E-state index < -0.39 is 5.97 Å². The topological polar surface area (TPSA) is 65.1 Å². The van der Waals surface area contributed by atoms with Gasteiger partial charge in [-0.25, -0.2) is 4.79 Å². The quantitative estimate of drug-likeness (QED) is 0.448. The highest BCUT2D eigenvalue weighted by Gasteiger charge is 2.14. The number of esters is 1. The van der Waals surface area contributed by atoms with Crippen molar-refractivity contribution in [2.45, 2.75) is 18.4 Å². The van der Waals surface area contributed by atoms with Crippen molar-refractivity contribution in [2.24, 2.45) is 0 Å². The standard InChI is InChI=1S/C21H25NO5S/c1-4-25-18-7-5-6-8-19(18)26-15-21(24)27-14-20(23)22(2)13-16-9-11-17(28-3)12-10-16/h5-12H,4,13-15H2,1-3H3. The van der Waals surface area contributed by atoms with Crippen molar-refractivity contribution >= 4 is 23.6 Å². The van der Waals surface area contributed by atoms with Crippen LogP contribution in [0.2, 0.25) is 0 Å². The molecule has 0 aliphatic carbocycles. The zero-order chi connectivity index (χ0) is 20.4. The van der Waals surface area contributed by atoms with E-state index in [4.69, 9.17) is 14.2 Å². The molecular formula is C21H25NO5S. The number of para-hydroxylation sites is 2. The van der Waals surface area contributed by atoms with Crippen LogP contribution >= 0.6 is 11.8 Å². The van der Waals surface area contributed by atoms with Crippen molar-refractivity contribution in [3.63, 3.8) is 0 Å². The van der Waals surface area contributed by atoms with Crippen LogP contribution < -0.4 is 9.47 Å². The molecule has 1 amide bonds. The van der Waals surface area contributed by atoms with Crippen molar-refractivity contribution in [2.75, 3.05) is 33.1 Å².